The van der Waals surface area contributed by atoms with Crippen molar-refractivity contribution in [2.45, 2.75) is 5.92 Å². The Balaban J connectivity index is 1.83. The van der Waals surface area contributed by atoms with E-state index >= 15 is 0 Å². The first-order valence-electron chi connectivity index (χ1n) is 7.44. The predicted molar refractivity (Wildman–Crippen MR) is 87.6 cm³/mol. The first-order chi connectivity index (χ1) is 10.6. The normalized spacial score (nSPS) is 26.4. The standard InChI is InChI=1S/C15H19ClFN3OS/c16-10-1-2-11(14(17)7-10)12-8-20(22)9-13(12)15(21)19-5-3-18-4-6-19/h1-2,7,12-13,18,22H,3-6,8-9H2/t12-,13?/m0/s1. The van der Waals surface area contributed by atoms with Crippen molar-refractivity contribution in [3.63, 3.8) is 0 Å². The molecule has 1 N–H and O–H groups in total. The van der Waals surface area contributed by atoms with Gasteiger partial charge >= 0.3 is 0 Å². The van der Waals surface area contributed by atoms with E-state index in [-0.39, 0.29) is 23.6 Å². The van der Waals surface area contributed by atoms with Crippen molar-refractivity contribution >= 4 is 30.3 Å². The smallest absolute Gasteiger partial charge is 0.227 e. The molecule has 0 bridgehead atoms. The van der Waals surface area contributed by atoms with Crippen molar-refractivity contribution in [1.82, 2.24) is 14.5 Å². The van der Waals surface area contributed by atoms with E-state index in [1.807, 2.05) is 4.90 Å². The van der Waals surface area contributed by atoms with Crippen molar-refractivity contribution < 1.29 is 9.18 Å². The highest BCUT2D eigenvalue weighted by atomic mass is 35.5. The number of piperazine rings is 1. The number of hydrogen-bond acceptors (Lipinski definition) is 4. The molecule has 120 valence electrons. The number of halogens is 2. The molecule has 2 aliphatic heterocycles. The topological polar surface area (TPSA) is 35.6 Å². The van der Waals surface area contributed by atoms with Crippen molar-refractivity contribution in [2.75, 3.05) is 39.3 Å². The summed E-state index contributed by atoms with van der Waals surface area (Å²) in [6.07, 6.45) is 0. The van der Waals surface area contributed by atoms with Crippen LogP contribution in [0.15, 0.2) is 18.2 Å². The number of thiol groups is 1. The van der Waals surface area contributed by atoms with Crippen LogP contribution in [0.3, 0.4) is 0 Å². The van der Waals surface area contributed by atoms with Gasteiger partial charge in [-0.25, -0.2) is 4.39 Å². The van der Waals surface area contributed by atoms with E-state index in [0.717, 1.165) is 13.1 Å². The Labute approximate surface area is 140 Å². The number of amides is 1. The minimum Gasteiger partial charge on any atom is -0.340 e. The van der Waals surface area contributed by atoms with Gasteiger partial charge in [0.05, 0.1) is 5.92 Å². The molecule has 2 heterocycles. The van der Waals surface area contributed by atoms with Crippen LogP contribution < -0.4 is 5.32 Å². The highest BCUT2D eigenvalue weighted by molar-refractivity contribution is 7.77. The van der Waals surface area contributed by atoms with E-state index in [1.165, 1.54) is 6.07 Å². The van der Waals surface area contributed by atoms with Gasteiger partial charge < -0.3 is 10.2 Å². The van der Waals surface area contributed by atoms with Gasteiger partial charge in [-0.2, -0.15) is 0 Å². The van der Waals surface area contributed by atoms with Crippen LogP contribution in [0.1, 0.15) is 11.5 Å². The molecule has 2 aliphatic rings. The zero-order chi connectivity index (χ0) is 15.7. The lowest BCUT2D eigenvalue weighted by Gasteiger charge is -2.31. The Morgan fingerprint density at radius 3 is 2.73 bits per heavy atom. The molecular formula is C15H19ClFN3OS. The van der Waals surface area contributed by atoms with E-state index in [9.17, 15) is 9.18 Å². The van der Waals surface area contributed by atoms with Gasteiger partial charge in [-0.05, 0) is 17.7 Å². The van der Waals surface area contributed by atoms with Crippen LogP contribution in [0.4, 0.5) is 4.39 Å². The van der Waals surface area contributed by atoms with E-state index in [1.54, 1.807) is 16.4 Å². The third-order valence-electron chi connectivity index (χ3n) is 4.41. The molecule has 2 saturated heterocycles. The maximum atomic E-state index is 14.2. The molecule has 4 nitrogen and oxygen atoms in total. The van der Waals surface area contributed by atoms with Crippen LogP contribution in [-0.2, 0) is 4.79 Å². The maximum Gasteiger partial charge on any atom is 0.227 e. The lowest BCUT2D eigenvalue weighted by Crippen LogP contribution is -2.49. The Kier molecular flexibility index (Phi) is 4.92. The van der Waals surface area contributed by atoms with Crippen molar-refractivity contribution in [3.8, 4) is 0 Å². The van der Waals surface area contributed by atoms with Gasteiger partial charge in [0.25, 0.3) is 0 Å². The van der Waals surface area contributed by atoms with Crippen molar-refractivity contribution in [2.24, 2.45) is 5.92 Å². The molecule has 0 aliphatic carbocycles. The van der Waals surface area contributed by atoms with Crippen molar-refractivity contribution in [1.29, 1.82) is 0 Å². The number of carbonyl (C=O) groups is 1. The minimum absolute atomic E-state index is 0.0948. The van der Waals surface area contributed by atoms with Gasteiger partial charge in [-0.1, -0.05) is 30.5 Å². The first-order valence-corrected chi connectivity index (χ1v) is 8.22. The van der Waals surface area contributed by atoms with Gasteiger partial charge in [0.2, 0.25) is 5.91 Å². The van der Waals surface area contributed by atoms with E-state index in [0.29, 0.717) is 36.8 Å². The number of nitrogens with zero attached hydrogens (tertiary/aromatic N) is 2. The average Bonchev–Trinajstić information content (AvgIpc) is 2.89. The average molecular weight is 344 g/mol. The summed E-state index contributed by atoms with van der Waals surface area (Å²) in [5, 5.41) is 3.60. The molecule has 2 atom stereocenters. The van der Waals surface area contributed by atoms with E-state index in [4.69, 9.17) is 11.6 Å². The number of nitrogens with one attached hydrogen (secondary N) is 1. The highest BCUT2D eigenvalue weighted by Gasteiger charge is 2.40. The Bertz CT molecular complexity index is 568. The molecule has 1 aromatic carbocycles. The Morgan fingerprint density at radius 2 is 2.05 bits per heavy atom. The van der Waals surface area contributed by atoms with Gasteiger partial charge in [-0.15, -0.1) is 0 Å². The summed E-state index contributed by atoms with van der Waals surface area (Å²) in [5.74, 6) is -0.694. The maximum absolute atomic E-state index is 14.2. The molecular weight excluding hydrogens is 325 g/mol. The lowest BCUT2D eigenvalue weighted by atomic mass is 9.87. The summed E-state index contributed by atoms with van der Waals surface area (Å²) in [7, 11) is 0. The molecule has 3 rings (SSSR count). The summed E-state index contributed by atoms with van der Waals surface area (Å²) in [6, 6.07) is 4.67. The largest absolute Gasteiger partial charge is 0.340 e. The van der Waals surface area contributed by atoms with Gasteiger partial charge in [-0.3, -0.25) is 9.10 Å². The monoisotopic (exact) mass is 343 g/mol. The van der Waals surface area contributed by atoms with Crippen LogP contribution in [0, 0.1) is 11.7 Å². The number of rotatable bonds is 2. The Morgan fingerprint density at radius 1 is 1.32 bits per heavy atom. The summed E-state index contributed by atoms with van der Waals surface area (Å²) < 4.78 is 16.0. The summed E-state index contributed by atoms with van der Waals surface area (Å²) >= 11 is 10.2. The molecule has 0 spiro atoms. The zero-order valence-corrected chi connectivity index (χ0v) is 13.8. The van der Waals surface area contributed by atoms with Crippen LogP contribution in [0.25, 0.3) is 0 Å². The SMILES string of the molecule is O=C(C1CN(S)C[C@H]1c1ccc(Cl)cc1F)N1CCNCC1. The van der Waals surface area contributed by atoms with E-state index < -0.39 is 0 Å². The molecule has 1 amide bonds. The van der Waals surface area contributed by atoms with Gasteiger partial charge in [0.1, 0.15) is 5.82 Å². The van der Waals surface area contributed by atoms with E-state index in [2.05, 4.69) is 18.1 Å². The number of carbonyl (C=O) groups excluding carboxylic acids is 1. The zero-order valence-electron chi connectivity index (χ0n) is 12.1. The molecule has 22 heavy (non-hydrogen) atoms. The van der Waals surface area contributed by atoms with Crippen LogP contribution in [0.2, 0.25) is 5.02 Å². The molecule has 0 radical (unpaired) electrons. The summed E-state index contributed by atoms with van der Waals surface area (Å²) in [6.45, 7) is 4.13. The molecule has 2 fully saturated rings. The highest BCUT2D eigenvalue weighted by Crippen LogP contribution is 2.36. The van der Waals surface area contributed by atoms with Gasteiger partial charge in [0, 0.05) is 50.2 Å². The minimum atomic E-state index is -0.348. The summed E-state index contributed by atoms with van der Waals surface area (Å²) in [5.41, 5.74) is 0.550. The fourth-order valence-corrected chi connectivity index (χ4v) is 3.78. The second-order valence-electron chi connectivity index (χ2n) is 5.83. The lowest BCUT2D eigenvalue weighted by molar-refractivity contribution is -0.136. The van der Waals surface area contributed by atoms with Gasteiger partial charge in [0.15, 0.2) is 0 Å². The molecule has 0 aromatic heterocycles. The van der Waals surface area contributed by atoms with Crippen LogP contribution in [-0.4, -0.2) is 54.4 Å². The molecule has 0 saturated carbocycles. The van der Waals surface area contributed by atoms with Crippen LogP contribution >= 0.6 is 24.4 Å². The Hall–Kier alpha value is -0.820. The second-order valence-corrected chi connectivity index (χ2v) is 6.83. The quantitative estimate of drug-likeness (QED) is 0.803. The molecule has 1 aromatic rings. The third-order valence-corrected chi connectivity index (χ3v) is 4.97. The first kappa shape index (κ1) is 16.1. The fourth-order valence-electron chi connectivity index (χ4n) is 3.27. The molecule has 1 unspecified atom stereocenters. The third kappa shape index (κ3) is 3.25. The predicted octanol–water partition coefficient (Wildman–Crippen LogP) is 1.77. The summed E-state index contributed by atoms with van der Waals surface area (Å²) in [4.78, 5) is 14.7. The van der Waals surface area contributed by atoms with Crippen molar-refractivity contribution in [3.05, 3.63) is 34.6 Å². The number of hydrogen-bond donors (Lipinski definition) is 2. The fraction of sp³-hybridized carbons (Fsp3) is 0.533. The number of benzene rings is 1. The molecule has 7 heteroatoms. The second kappa shape index (κ2) is 6.74. The van der Waals surface area contributed by atoms with Crippen LogP contribution in [0.5, 0.6) is 0 Å².